The summed E-state index contributed by atoms with van der Waals surface area (Å²) in [5, 5.41) is 0. The Bertz CT molecular complexity index is 487. The van der Waals surface area contributed by atoms with E-state index in [1.54, 1.807) is 0 Å². The highest BCUT2D eigenvalue weighted by atomic mass is 32.2. The van der Waals surface area contributed by atoms with Crippen LogP contribution >= 0.6 is 11.8 Å². The van der Waals surface area contributed by atoms with Gasteiger partial charge in [-0.05, 0) is 36.9 Å². The van der Waals surface area contributed by atoms with E-state index < -0.39 is 0 Å². The first-order chi connectivity index (χ1) is 9.20. The molecule has 1 unspecified atom stereocenters. The van der Waals surface area contributed by atoms with Crippen molar-refractivity contribution in [3.8, 4) is 11.8 Å². The van der Waals surface area contributed by atoms with Crippen molar-refractivity contribution in [3.63, 3.8) is 0 Å². The number of rotatable bonds is 3. The molecule has 0 aromatic heterocycles. The van der Waals surface area contributed by atoms with Gasteiger partial charge in [-0.2, -0.15) is 11.8 Å². The number of halogens is 1. The maximum absolute atomic E-state index is 13.6. The molecule has 0 saturated carbocycles. The van der Waals surface area contributed by atoms with Crippen molar-refractivity contribution >= 4 is 11.8 Å². The second-order valence-electron chi connectivity index (χ2n) is 4.75. The first kappa shape index (κ1) is 14.4. The van der Waals surface area contributed by atoms with E-state index in [1.807, 2.05) is 23.9 Å². The third-order valence-corrected chi connectivity index (χ3v) is 4.46. The Morgan fingerprint density at radius 2 is 2.37 bits per heavy atom. The molecule has 1 aliphatic heterocycles. The summed E-state index contributed by atoms with van der Waals surface area (Å²) in [6, 6.07) is 5.79. The molecule has 1 heterocycles. The zero-order valence-corrected chi connectivity index (χ0v) is 12.0. The maximum Gasteiger partial charge on any atom is 0.138 e. The van der Waals surface area contributed by atoms with E-state index in [-0.39, 0.29) is 12.4 Å². The summed E-state index contributed by atoms with van der Waals surface area (Å²) in [7, 11) is 2.13. The lowest BCUT2D eigenvalue weighted by Gasteiger charge is -2.23. The van der Waals surface area contributed by atoms with Crippen LogP contribution in [-0.2, 0) is 6.54 Å². The Morgan fingerprint density at radius 3 is 3.05 bits per heavy atom. The quantitative estimate of drug-likeness (QED) is 0.858. The monoisotopic (exact) mass is 278 g/mol. The molecule has 0 amide bonds. The molecule has 1 aromatic carbocycles. The smallest absolute Gasteiger partial charge is 0.138 e. The first-order valence-electron chi connectivity index (χ1n) is 6.46. The molecule has 0 radical (unpaired) electrons. The van der Waals surface area contributed by atoms with Crippen LogP contribution in [0, 0.1) is 17.7 Å². The van der Waals surface area contributed by atoms with Crippen LogP contribution in [0.25, 0.3) is 0 Å². The van der Waals surface area contributed by atoms with E-state index in [0.29, 0.717) is 11.6 Å². The third kappa shape index (κ3) is 3.97. The summed E-state index contributed by atoms with van der Waals surface area (Å²) in [6.07, 6.45) is 1.24. The van der Waals surface area contributed by atoms with Crippen molar-refractivity contribution in [2.45, 2.75) is 19.0 Å². The number of hydrogen-bond acceptors (Lipinski definition) is 3. The summed E-state index contributed by atoms with van der Waals surface area (Å²) in [5.41, 5.74) is 6.86. The molecule has 2 nitrogen and oxygen atoms in total. The largest absolute Gasteiger partial charge is 0.320 e. The van der Waals surface area contributed by atoms with Gasteiger partial charge in [0.05, 0.1) is 12.1 Å². The maximum atomic E-state index is 13.6. The zero-order valence-electron chi connectivity index (χ0n) is 11.2. The van der Waals surface area contributed by atoms with E-state index in [4.69, 9.17) is 5.73 Å². The molecule has 0 spiro atoms. The highest BCUT2D eigenvalue weighted by Gasteiger charge is 2.20. The summed E-state index contributed by atoms with van der Waals surface area (Å²) in [5.74, 6) is 7.64. The first-order valence-corrected chi connectivity index (χ1v) is 7.61. The average Bonchev–Trinajstić information content (AvgIpc) is 2.93. The Labute approximate surface area is 118 Å². The molecule has 1 saturated heterocycles. The van der Waals surface area contributed by atoms with Gasteiger partial charge in [0.25, 0.3) is 0 Å². The summed E-state index contributed by atoms with van der Waals surface area (Å²) < 4.78 is 13.6. The van der Waals surface area contributed by atoms with Crippen LogP contribution in [0.3, 0.4) is 0 Å². The molecule has 19 heavy (non-hydrogen) atoms. The SMILES string of the molecule is CN(Cc1ccc(F)c(C#CCN)c1)C1CCSC1. The predicted octanol–water partition coefficient (Wildman–Crippen LogP) is 2.07. The van der Waals surface area contributed by atoms with Crippen molar-refractivity contribution < 1.29 is 4.39 Å². The molecule has 0 bridgehead atoms. The zero-order chi connectivity index (χ0) is 13.7. The fourth-order valence-corrected chi connectivity index (χ4v) is 3.50. The van der Waals surface area contributed by atoms with Gasteiger partial charge in [-0.25, -0.2) is 4.39 Å². The highest BCUT2D eigenvalue weighted by Crippen LogP contribution is 2.23. The Morgan fingerprint density at radius 1 is 1.53 bits per heavy atom. The van der Waals surface area contributed by atoms with Gasteiger partial charge in [0.15, 0.2) is 0 Å². The summed E-state index contributed by atoms with van der Waals surface area (Å²) in [4.78, 5) is 2.34. The van der Waals surface area contributed by atoms with Gasteiger partial charge in [0, 0.05) is 18.3 Å². The van der Waals surface area contributed by atoms with Gasteiger partial charge in [-0.15, -0.1) is 0 Å². The van der Waals surface area contributed by atoms with Gasteiger partial charge in [0.2, 0.25) is 0 Å². The molecule has 1 fully saturated rings. The van der Waals surface area contributed by atoms with Crippen LogP contribution in [0.2, 0.25) is 0 Å². The van der Waals surface area contributed by atoms with Gasteiger partial charge in [-0.1, -0.05) is 17.9 Å². The molecule has 1 aromatic rings. The minimum absolute atomic E-state index is 0.253. The number of thioether (sulfide) groups is 1. The van der Waals surface area contributed by atoms with Gasteiger partial charge < -0.3 is 5.73 Å². The second-order valence-corrected chi connectivity index (χ2v) is 5.90. The number of nitrogens with two attached hydrogens (primary N) is 1. The minimum atomic E-state index is -0.274. The lowest BCUT2D eigenvalue weighted by Crippen LogP contribution is -2.30. The van der Waals surface area contributed by atoms with Crippen molar-refractivity contribution in [1.82, 2.24) is 4.90 Å². The minimum Gasteiger partial charge on any atom is -0.320 e. The van der Waals surface area contributed by atoms with E-state index in [1.165, 1.54) is 24.0 Å². The molecule has 2 rings (SSSR count). The van der Waals surface area contributed by atoms with Crippen LogP contribution in [0.5, 0.6) is 0 Å². The van der Waals surface area contributed by atoms with Gasteiger partial charge >= 0.3 is 0 Å². The molecule has 102 valence electrons. The topological polar surface area (TPSA) is 29.3 Å². The summed E-state index contributed by atoms with van der Waals surface area (Å²) >= 11 is 2.00. The third-order valence-electron chi connectivity index (χ3n) is 3.32. The lowest BCUT2D eigenvalue weighted by atomic mass is 10.1. The predicted molar refractivity (Wildman–Crippen MR) is 79.5 cm³/mol. The Balaban J connectivity index is 2.07. The second kappa shape index (κ2) is 6.95. The lowest BCUT2D eigenvalue weighted by molar-refractivity contribution is 0.254. The Hall–Kier alpha value is -1.02. The van der Waals surface area contributed by atoms with Gasteiger partial charge in [0.1, 0.15) is 5.82 Å². The number of nitrogens with zero attached hydrogens (tertiary/aromatic N) is 1. The normalized spacial score (nSPS) is 18.4. The van der Waals surface area contributed by atoms with Crippen molar-refractivity contribution in [2.75, 3.05) is 25.1 Å². The molecule has 4 heteroatoms. The van der Waals surface area contributed by atoms with Crippen LogP contribution in [0.4, 0.5) is 4.39 Å². The molecule has 1 aliphatic rings. The molecular weight excluding hydrogens is 259 g/mol. The molecule has 1 atom stereocenters. The van der Waals surface area contributed by atoms with Crippen LogP contribution in [-0.4, -0.2) is 36.0 Å². The van der Waals surface area contributed by atoms with Crippen molar-refractivity contribution in [3.05, 3.63) is 35.1 Å². The average molecular weight is 278 g/mol. The van der Waals surface area contributed by atoms with E-state index in [0.717, 1.165) is 12.1 Å². The van der Waals surface area contributed by atoms with Crippen molar-refractivity contribution in [2.24, 2.45) is 5.73 Å². The van der Waals surface area contributed by atoms with Crippen LogP contribution in [0.15, 0.2) is 18.2 Å². The van der Waals surface area contributed by atoms with Crippen molar-refractivity contribution in [1.29, 1.82) is 0 Å². The fraction of sp³-hybridized carbons (Fsp3) is 0.467. The number of benzene rings is 1. The van der Waals surface area contributed by atoms with Gasteiger partial charge in [-0.3, -0.25) is 4.90 Å². The molecule has 2 N–H and O–H groups in total. The highest BCUT2D eigenvalue weighted by molar-refractivity contribution is 7.99. The Kier molecular flexibility index (Phi) is 5.26. The fourth-order valence-electron chi connectivity index (χ4n) is 2.20. The molecule has 0 aliphatic carbocycles. The van der Waals surface area contributed by atoms with E-state index in [9.17, 15) is 4.39 Å². The summed E-state index contributed by atoms with van der Waals surface area (Å²) in [6.45, 7) is 1.09. The van der Waals surface area contributed by atoms with Crippen LogP contribution < -0.4 is 5.73 Å². The van der Waals surface area contributed by atoms with E-state index >= 15 is 0 Å². The number of hydrogen-bond donors (Lipinski definition) is 1. The van der Waals surface area contributed by atoms with E-state index in [2.05, 4.69) is 23.8 Å². The molecular formula is C15H19FN2S. The standard InChI is InChI=1S/C15H19FN2S/c1-18(14-6-8-19-11-14)10-12-4-5-15(16)13(9-12)3-2-7-17/h4-5,9,14H,6-8,10-11,17H2,1H3. The van der Waals surface area contributed by atoms with Crippen LogP contribution in [0.1, 0.15) is 17.5 Å².